The van der Waals surface area contributed by atoms with E-state index < -0.39 is 0 Å². The van der Waals surface area contributed by atoms with Crippen LogP contribution in [0.1, 0.15) is 31.9 Å². The van der Waals surface area contributed by atoms with Crippen molar-refractivity contribution in [2.24, 2.45) is 5.92 Å². The first kappa shape index (κ1) is 14.9. The summed E-state index contributed by atoms with van der Waals surface area (Å²) in [5.74, 6) is 1.92. The molecule has 1 aliphatic heterocycles. The van der Waals surface area contributed by atoms with Gasteiger partial charge in [-0.2, -0.15) is 0 Å². The zero-order valence-corrected chi connectivity index (χ0v) is 13.3. The topological polar surface area (TPSA) is 15.3 Å². The highest BCUT2D eigenvalue weighted by Crippen LogP contribution is 2.37. The quantitative estimate of drug-likeness (QED) is 0.858. The van der Waals surface area contributed by atoms with E-state index in [2.05, 4.69) is 62.4 Å². The Kier molecular flexibility index (Phi) is 5.31. The van der Waals surface area contributed by atoms with E-state index in [0.717, 1.165) is 12.5 Å². The molecule has 0 saturated carbocycles. The van der Waals surface area contributed by atoms with Crippen LogP contribution in [0.3, 0.4) is 0 Å². The maximum Gasteiger partial charge on any atom is 0.0427 e. The Labute approximate surface area is 122 Å². The van der Waals surface area contributed by atoms with Crippen molar-refractivity contribution in [2.45, 2.75) is 37.2 Å². The molecule has 0 bridgehead atoms. The minimum absolute atomic E-state index is 0.524. The highest BCUT2D eigenvalue weighted by atomic mass is 32.2. The van der Waals surface area contributed by atoms with E-state index in [-0.39, 0.29) is 0 Å². The fraction of sp³-hybridized carbons (Fsp3) is 0.625. The third-order valence-electron chi connectivity index (χ3n) is 3.77. The molecule has 1 aromatic rings. The summed E-state index contributed by atoms with van der Waals surface area (Å²) in [7, 11) is 4.37. The largest absolute Gasteiger partial charge is 0.308 e. The van der Waals surface area contributed by atoms with Crippen molar-refractivity contribution in [1.82, 2.24) is 10.2 Å². The van der Waals surface area contributed by atoms with Crippen molar-refractivity contribution in [1.29, 1.82) is 0 Å². The number of likely N-dealkylation sites (N-methyl/N-ethyl adjacent to an activating group) is 1. The molecule has 19 heavy (non-hydrogen) atoms. The van der Waals surface area contributed by atoms with Gasteiger partial charge in [-0.05, 0) is 38.1 Å². The molecular formula is C16H26N2S. The minimum atomic E-state index is 0.524. The average Bonchev–Trinajstić information content (AvgIpc) is 2.77. The smallest absolute Gasteiger partial charge is 0.0427 e. The van der Waals surface area contributed by atoms with Gasteiger partial charge < -0.3 is 10.2 Å². The molecule has 0 fully saturated rings. The van der Waals surface area contributed by atoms with E-state index in [0.29, 0.717) is 12.1 Å². The lowest BCUT2D eigenvalue weighted by Gasteiger charge is -2.28. The fourth-order valence-corrected chi connectivity index (χ4v) is 3.83. The van der Waals surface area contributed by atoms with Gasteiger partial charge in [0, 0.05) is 29.3 Å². The van der Waals surface area contributed by atoms with Crippen LogP contribution in [0.4, 0.5) is 0 Å². The molecule has 0 aliphatic carbocycles. The van der Waals surface area contributed by atoms with Crippen molar-refractivity contribution in [2.75, 3.05) is 26.4 Å². The summed E-state index contributed by atoms with van der Waals surface area (Å²) < 4.78 is 0. The summed E-state index contributed by atoms with van der Waals surface area (Å²) in [5, 5.41) is 3.76. The van der Waals surface area contributed by atoms with Gasteiger partial charge in [0.2, 0.25) is 0 Å². The van der Waals surface area contributed by atoms with Crippen LogP contribution in [-0.2, 0) is 0 Å². The Hall–Kier alpha value is -0.510. The summed E-state index contributed by atoms with van der Waals surface area (Å²) >= 11 is 1.97. The third kappa shape index (κ3) is 3.98. The number of hydrogen-bond acceptors (Lipinski definition) is 3. The second-order valence-corrected chi connectivity index (χ2v) is 7.12. The van der Waals surface area contributed by atoms with Gasteiger partial charge in [0.15, 0.2) is 0 Å². The van der Waals surface area contributed by atoms with Crippen LogP contribution in [0.5, 0.6) is 0 Å². The van der Waals surface area contributed by atoms with Crippen molar-refractivity contribution in [3.8, 4) is 0 Å². The van der Waals surface area contributed by atoms with E-state index in [1.165, 1.54) is 22.6 Å². The van der Waals surface area contributed by atoms with Crippen LogP contribution >= 0.6 is 11.8 Å². The summed E-state index contributed by atoms with van der Waals surface area (Å²) in [6.45, 7) is 5.68. The van der Waals surface area contributed by atoms with Crippen LogP contribution in [0.25, 0.3) is 0 Å². The second kappa shape index (κ2) is 6.78. The van der Waals surface area contributed by atoms with Crippen LogP contribution in [-0.4, -0.2) is 37.3 Å². The Morgan fingerprint density at radius 3 is 2.74 bits per heavy atom. The molecule has 0 spiro atoms. The average molecular weight is 278 g/mol. The Bertz CT molecular complexity index is 403. The van der Waals surface area contributed by atoms with Crippen LogP contribution < -0.4 is 5.32 Å². The molecule has 0 saturated heterocycles. The standard InChI is InChI=1S/C16H26N2S/c1-12(2)9-13(18(3)4)10-17-15-11-19-16-8-6-5-7-14(15)16/h5-8,12-13,15,17H,9-11H2,1-4H3. The molecular weight excluding hydrogens is 252 g/mol. The minimum Gasteiger partial charge on any atom is -0.308 e. The lowest BCUT2D eigenvalue weighted by atomic mass is 10.0. The number of nitrogens with one attached hydrogen (secondary N) is 1. The van der Waals surface area contributed by atoms with E-state index in [1.54, 1.807) is 0 Å². The molecule has 0 aromatic heterocycles. The maximum atomic E-state index is 3.76. The molecule has 1 N–H and O–H groups in total. The van der Waals surface area contributed by atoms with E-state index in [9.17, 15) is 0 Å². The van der Waals surface area contributed by atoms with Crippen molar-refractivity contribution >= 4 is 11.8 Å². The Morgan fingerprint density at radius 1 is 1.32 bits per heavy atom. The van der Waals surface area contributed by atoms with Crippen LogP contribution in [0, 0.1) is 5.92 Å². The first-order chi connectivity index (χ1) is 9.08. The molecule has 3 heteroatoms. The monoisotopic (exact) mass is 278 g/mol. The number of fused-ring (bicyclic) bond motifs is 1. The van der Waals surface area contributed by atoms with Gasteiger partial charge >= 0.3 is 0 Å². The zero-order valence-electron chi connectivity index (χ0n) is 12.5. The summed E-state index contributed by atoms with van der Waals surface area (Å²) in [5.41, 5.74) is 1.48. The van der Waals surface area contributed by atoms with Gasteiger partial charge in [-0.3, -0.25) is 0 Å². The number of rotatable bonds is 6. The molecule has 2 nitrogen and oxygen atoms in total. The van der Waals surface area contributed by atoms with E-state index >= 15 is 0 Å². The molecule has 1 aromatic carbocycles. The summed E-state index contributed by atoms with van der Waals surface area (Å²) in [6.07, 6.45) is 1.25. The van der Waals surface area contributed by atoms with Crippen molar-refractivity contribution in [3.05, 3.63) is 29.8 Å². The lowest BCUT2D eigenvalue weighted by molar-refractivity contribution is 0.242. The zero-order chi connectivity index (χ0) is 13.8. The van der Waals surface area contributed by atoms with Gasteiger partial charge in [0.1, 0.15) is 0 Å². The van der Waals surface area contributed by atoms with Gasteiger partial charge in [0.05, 0.1) is 0 Å². The predicted molar refractivity (Wildman–Crippen MR) is 84.8 cm³/mol. The number of thioether (sulfide) groups is 1. The summed E-state index contributed by atoms with van der Waals surface area (Å²) in [6, 6.07) is 9.93. The highest BCUT2D eigenvalue weighted by Gasteiger charge is 2.23. The number of nitrogens with zero attached hydrogens (tertiary/aromatic N) is 1. The van der Waals surface area contributed by atoms with E-state index in [4.69, 9.17) is 0 Å². The van der Waals surface area contributed by atoms with Gasteiger partial charge in [-0.15, -0.1) is 11.8 Å². The maximum absolute atomic E-state index is 3.76. The van der Waals surface area contributed by atoms with Gasteiger partial charge in [0.25, 0.3) is 0 Å². The number of hydrogen-bond donors (Lipinski definition) is 1. The normalized spacial score (nSPS) is 20.0. The van der Waals surface area contributed by atoms with E-state index in [1.807, 2.05) is 11.8 Å². The van der Waals surface area contributed by atoms with Crippen LogP contribution in [0.15, 0.2) is 29.2 Å². The number of benzene rings is 1. The molecule has 2 atom stereocenters. The second-order valence-electron chi connectivity index (χ2n) is 6.06. The Morgan fingerprint density at radius 2 is 2.05 bits per heavy atom. The lowest BCUT2D eigenvalue weighted by Crippen LogP contribution is -2.40. The van der Waals surface area contributed by atoms with Gasteiger partial charge in [-0.1, -0.05) is 32.0 Å². The molecule has 2 unspecified atom stereocenters. The molecule has 0 amide bonds. The van der Waals surface area contributed by atoms with Crippen LogP contribution in [0.2, 0.25) is 0 Å². The first-order valence-corrected chi connectivity index (χ1v) is 8.18. The first-order valence-electron chi connectivity index (χ1n) is 7.19. The molecule has 2 rings (SSSR count). The molecule has 1 heterocycles. The van der Waals surface area contributed by atoms with Crippen molar-refractivity contribution < 1.29 is 0 Å². The SMILES string of the molecule is CC(C)CC(CNC1CSc2ccccc21)N(C)C. The molecule has 0 radical (unpaired) electrons. The Balaban J connectivity index is 1.92. The summed E-state index contributed by atoms with van der Waals surface area (Å²) in [4.78, 5) is 3.80. The molecule has 106 valence electrons. The molecule has 1 aliphatic rings. The third-order valence-corrected chi connectivity index (χ3v) is 4.96. The van der Waals surface area contributed by atoms with Gasteiger partial charge in [-0.25, -0.2) is 0 Å². The fourth-order valence-electron chi connectivity index (χ4n) is 2.63. The van der Waals surface area contributed by atoms with Crippen molar-refractivity contribution in [3.63, 3.8) is 0 Å². The highest BCUT2D eigenvalue weighted by molar-refractivity contribution is 7.99. The predicted octanol–water partition coefficient (Wildman–Crippen LogP) is 3.40.